The maximum absolute atomic E-state index is 11.6. The lowest BCUT2D eigenvalue weighted by molar-refractivity contribution is 0.0950. The fourth-order valence-electron chi connectivity index (χ4n) is 1.39. The molecule has 1 aromatic carbocycles. The second-order valence-corrected chi connectivity index (χ2v) is 3.70. The van der Waals surface area contributed by atoms with Crippen molar-refractivity contribution in [2.75, 3.05) is 0 Å². The van der Waals surface area contributed by atoms with Gasteiger partial charge >= 0.3 is 0 Å². The summed E-state index contributed by atoms with van der Waals surface area (Å²) < 4.78 is 0. The second-order valence-electron chi connectivity index (χ2n) is 3.70. The van der Waals surface area contributed by atoms with Gasteiger partial charge in [0.15, 0.2) is 0 Å². The number of nitrogens with one attached hydrogen (secondary N) is 1. The van der Waals surface area contributed by atoms with Crippen LogP contribution < -0.4 is 5.43 Å². The van der Waals surface area contributed by atoms with Gasteiger partial charge in [-0.25, -0.2) is 10.4 Å². The summed E-state index contributed by atoms with van der Waals surface area (Å²) in [7, 11) is 0. The molecule has 0 aliphatic carbocycles. The van der Waals surface area contributed by atoms with Gasteiger partial charge in [-0.1, -0.05) is 29.8 Å². The number of nitrogens with zero attached hydrogens (tertiary/aromatic N) is 3. The van der Waals surface area contributed by atoms with E-state index in [-0.39, 0.29) is 11.6 Å². The molecule has 0 bridgehead atoms. The van der Waals surface area contributed by atoms with Gasteiger partial charge in [0.05, 0.1) is 12.4 Å². The first-order chi connectivity index (χ1) is 8.75. The zero-order valence-electron chi connectivity index (χ0n) is 9.87. The number of benzene rings is 1. The Bertz CT molecular complexity index is 566. The summed E-state index contributed by atoms with van der Waals surface area (Å²) in [6.07, 6.45) is 5.94. The second kappa shape index (κ2) is 5.67. The van der Waals surface area contributed by atoms with Crippen molar-refractivity contribution >= 4 is 12.1 Å². The summed E-state index contributed by atoms with van der Waals surface area (Å²) >= 11 is 0. The number of amides is 1. The van der Waals surface area contributed by atoms with Gasteiger partial charge in [-0.15, -0.1) is 0 Å². The molecule has 90 valence electrons. The number of rotatable bonds is 3. The lowest BCUT2D eigenvalue weighted by atomic mass is 10.2. The predicted molar refractivity (Wildman–Crippen MR) is 68.3 cm³/mol. The average Bonchev–Trinajstić information content (AvgIpc) is 2.40. The van der Waals surface area contributed by atoms with Crippen molar-refractivity contribution in [2.24, 2.45) is 5.10 Å². The Hall–Kier alpha value is -2.56. The van der Waals surface area contributed by atoms with E-state index in [1.165, 1.54) is 18.6 Å². The van der Waals surface area contributed by atoms with E-state index >= 15 is 0 Å². The Morgan fingerprint density at radius 3 is 3.00 bits per heavy atom. The molecule has 5 heteroatoms. The van der Waals surface area contributed by atoms with Crippen LogP contribution in [0.4, 0.5) is 0 Å². The number of hydrogen-bond donors (Lipinski definition) is 1. The Kier molecular flexibility index (Phi) is 3.76. The topological polar surface area (TPSA) is 67.2 Å². The number of carbonyl (C=O) groups is 1. The number of hydrogen-bond acceptors (Lipinski definition) is 4. The first kappa shape index (κ1) is 11.9. The predicted octanol–water partition coefficient (Wildman–Crippen LogP) is 1.55. The third-order valence-electron chi connectivity index (χ3n) is 2.22. The Labute approximate surface area is 105 Å². The van der Waals surface area contributed by atoms with Crippen LogP contribution in [0.1, 0.15) is 21.6 Å². The third-order valence-corrected chi connectivity index (χ3v) is 2.22. The van der Waals surface area contributed by atoms with Crippen molar-refractivity contribution in [1.82, 2.24) is 15.4 Å². The maximum atomic E-state index is 11.6. The van der Waals surface area contributed by atoms with Crippen LogP contribution >= 0.6 is 0 Å². The minimum Gasteiger partial charge on any atom is -0.265 e. The monoisotopic (exact) mass is 240 g/mol. The van der Waals surface area contributed by atoms with Crippen LogP contribution in [0, 0.1) is 6.92 Å². The smallest absolute Gasteiger partial charge is 0.265 e. The molecule has 5 nitrogen and oxygen atoms in total. The van der Waals surface area contributed by atoms with E-state index in [4.69, 9.17) is 0 Å². The standard InChI is InChI=1S/C13H12N4O/c1-10-3-2-4-11(7-10)8-16-17-13(18)12-9-14-5-6-15-12/h2-9H,1H3,(H,17,18). The molecule has 1 N–H and O–H groups in total. The molecule has 0 radical (unpaired) electrons. The molecule has 1 amide bonds. The van der Waals surface area contributed by atoms with E-state index in [0.29, 0.717) is 0 Å². The van der Waals surface area contributed by atoms with Crippen LogP contribution in [0.3, 0.4) is 0 Å². The molecule has 0 atom stereocenters. The fourth-order valence-corrected chi connectivity index (χ4v) is 1.39. The molecule has 0 spiro atoms. The van der Waals surface area contributed by atoms with E-state index < -0.39 is 0 Å². The quantitative estimate of drug-likeness (QED) is 0.653. The number of hydrazone groups is 1. The van der Waals surface area contributed by atoms with Crippen molar-refractivity contribution in [3.8, 4) is 0 Å². The van der Waals surface area contributed by atoms with E-state index in [1.54, 1.807) is 6.21 Å². The highest BCUT2D eigenvalue weighted by Gasteiger charge is 2.04. The van der Waals surface area contributed by atoms with Crippen molar-refractivity contribution in [2.45, 2.75) is 6.92 Å². The summed E-state index contributed by atoms with van der Waals surface area (Å²) in [5.74, 6) is -0.382. The molecule has 1 heterocycles. The van der Waals surface area contributed by atoms with Gasteiger partial charge < -0.3 is 0 Å². The van der Waals surface area contributed by atoms with Crippen LogP contribution in [-0.2, 0) is 0 Å². The Balaban J connectivity index is 1.98. The van der Waals surface area contributed by atoms with Gasteiger partial charge in [0.1, 0.15) is 5.69 Å². The zero-order valence-corrected chi connectivity index (χ0v) is 9.87. The first-order valence-corrected chi connectivity index (χ1v) is 5.42. The molecule has 2 aromatic rings. The van der Waals surface area contributed by atoms with Crippen LogP contribution in [0.25, 0.3) is 0 Å². The highest BCUT2D eigenvalue weighted by atomic mass is 16.2. The number of carbonyl (C=O) groups excluding carboxylic acids is 1. The summed E-state index contributed by atoms with van der Waals surface area (Å²) in [6.45, 7) is 2.00. The molecule has 0 saturated heterocycles. The number of aromatic nitrogens is 2. The minimum atomic E-state index is -0.382. The molecular weight excluding hydrogens is 228 g/mol. The first-order valence-electron chi connectivity index (χ1n) is 5.42. The van der Waals surface area contributed by atoms with Crippen molar-refractivity contribution < 1.29 is 4.79 Å². The zero-order chi connectivity index (χ0) is 12.8. The van der Waals surface area contributed by atoms with E-state index in [1.807, 2.05) is 31.2 Å². The van der Waals surface area contributed by atoms with Crippen molar-refractivity contribution in [3.05, 3.63) is 59.7 Å². The summed E-state index contributed by atoms with van der Waals surface area (Å²) in [4.78, 5) is 19.3. The molecule has 0 aliphatic rings. The van der Waals surface area contributed by atoms with E-state index in [9.17, 15) is 4.79 Å². The lowest BCUT2D eigenvalue weighted by Crippen LogP contribution is -2.19. The molecule has 2 rings (SSSR count). The highest BCUT2D eigenvalue weighted by molar-refractivity contribution is 5.92. The molecule has 0 aliphatic heterocycles. The van der Waals surface area contributed by atoms with Crippen LogP contribution in [0.15, 0.2) is 48.0 Å². The van der Waals surface area contributed by atoms with Crippen molar-refractivity contribution in [1.29, 1.82) is 0 Å². The fraction of sp³-hybridized carbons (Fsp3) is 0.0769. The summed E-state index contributed by atoms with van der Waals surface area (Å²) in [6, 6.07) is 7.81. The minimum absolute atomic E-state index is 0.235. The lowest BCUT2D eigenvalue weighted by Gasteiger charge is -1.98. The van der Waals surface area contributed by atoms with Gasteiger partial charge in [-0.3, -0.25) is 9.78 Å². The molecular formula is C13H12N4O. The van der Waals surface area contributed by atoms with Gasteiger partial charge in [-0.2, -0.15) is 5.10 Å². The van der Waals surface area contributed by atoms with E-state index in [0.717, 1.165) is 11.1 Å². The normalized spacial score (nSPS) is 10.5. The third kappa shape index (κ3) is 3.21. The van der Waals surface area contributed by atoms with Gasteiger partial charge in [0.2, 0.25) is 0 Å². The van der Waals surface area contributed by atoms with E-state index in [2.05, 4.69) is 20.5 Å². The average molecular weight is 240 g/mol. The van der Waals surface area contributed by atoms with Crippen LogP contribution in [0.5, 0.6) is 0 Å². The van der Waals surface area contributed by atoms with Crippen LogP contribution in [-0.4, -0.2) is 22.1 Å². The van der Waals surface area contributed by atoms with Gasteiger partial charge in [0, 0.05) is 12.4 Å². The maximum Gasteiger partial charge on any atom is 0.291 e. The number of aryl methyl sites for hydroxylation is 1. The molecule has 0 unspecified atom stereocenters. The largest absolute Gasteiger partial charge is 0.291 e. The summed E-state index contributed by atoms with van der Waals surface area (Å²) in [5, 5.41) is 3.87. The molecule has 1 aromatic heterocycles. The van der Waals surface area contributed by atoms with Gasteiger partial charge in [-0.05, 0) is 12.5 Å². The summed E-state index contributed by atoms with van der Waals surface area (Å²) in [5.41, 5.74) is 4.69. The SMILES string of the molecule is Cc1cccc(C=NNC(=O)c2cnccn2)c1. The van der Waals surface area contributed by atoms with Crippen molar-refractivity contribution in [3.63, 3.8) is 0 Å². The van der Waals surface area contributed by atoms with Gasteiger partial charge in [0.25, 0.3) is 5.91 Å². The Morgan fingerprint density at radius 2 is 2.28 bits per heavy atom. The Morgan fingerprint density at radius 1 is 1.39 bits per heavy atom. The molecule has 0 saturated carbocycles. The highest BCUT2D eigenvalue weighted by Crippen LogP contribution is 2.00. The molecule has 18 heavy (non-hydrogen) atoms. The molecule has 0 fully saturated rings. The van der Waals surface area contributed by atoms with Crippen LogP contribution in [0.2, 0.25) is 0 Å².